The summed E-state index contributed by atoms with van der Waals surface area (Å²) in [5.41, 5.74) is 4.06. The van der Waals surface area contributed by atoms with Crippen molar-refractivity contribution in [2.45, 2.75) is 25.7 Å². The van der Waals surface area contributed by atoms with Gasteiger partial charge in [-0.05, 0) is 43.0 Å². The molecular formula is C16H16N4. The van der Waals surface area contributed by atoms with Gasteiger partial charge in [-0.1, -0.05) is 6.07 Å². The van der Waals surface area contributed by atoms with Crippen molar-refractivity contribution in [3.05, 3.63) is 53.0 Å². The molecule has 0 aromatic carbocycles. The van der Waals surface area contributed by atoms with Gasteiger partial charge in [-0.2, -0.15) is 5.26 Å². The van der Waals surface area contributed by atoms with Gasteiger partial charge in [0.1, 0.15) is 11.9 Å². The van der Waals surface area contributed by atoms with Gasteiger partial charge in [0.05, 0.1) is 5.56 Å². The highest BCUT2D eigenvalue weighted by Crippen LogP contribution is 2.24. The van der Waals surface area contributed by atoms with Crippen LogP contribution in [0.3, 0.4) is 0 Å². The number of nitrogens with one attached hydrogen (secondary N) is 1. The second-order valence-electron chi connectivity index (χ2n) is 4.95. The molecule has 4 nitrogen and oxygen atoms in total. The third-order valence-corrected chi connectivity index (χ3v) is 3.57. The summed E-state index contributed by atoms with van der Waals surface area (Å²) < 4.78 is 0. The molecule has 0 saturated heterocycles. The highest BCUT2D eigenvalue weighted by atomic mass is 15.0. The third-order valence-electron chi connectivity index (χ3n) is 3.57. The molecule has 0 unspecified atom stereocenters. The Labute approximate surface area is 118 Å². The number of nitrogens with zero attached hydrogens (tertiary/aromatic N) is 3. The summed E-state index contributed by atoms with van der Waals surface area (Å²) in [7, 11) is 0. The fourth-order valence-corrected chi connectivity index (χ4v) is 2.55. The molecule has 20 heavy (non-hydrogen) atoms. The number of hydrogen-bond donors (Lipinski definition) is 1. The van der Waals surface area contributed by atoms with E-state index in [1.807, 2.05) is 24.3 Å². The van der Waals surface area contributed by atoms with Gasteiger partial charge in [0.2, 0.25) is 0 Å². The van der Waals surface area contributed by atoms with Crippen LogP contribution in [0, 0.1) is 11.3 Å². The minimum Gasteiger partial charge on any atom is -0.369 e. The summed E-state index contributed by atoms with van der Waals surface area (Å²) in [6.07, 6.45) is 5.83. The van der Waals surface area contributed by atoms with E-state index in [9.17, 15) is 5.26 Å². The summed E-state index contributed by atoms with van der Waals surface area (Å²) in [5.74, 6) is 0.712. The highest BCUT2D eigenvalue weighted by Gasteiger charge is 2.16. The Morgan fingerprint density at radius 1 is 1.30 bits per heavy atom. The Hall–Kier alpha value is -2.41. The minimum absolute atomic E-state index is 0.645. The zero-order valence-corrected chi connectivity index (χ0v) is 11.3. The molecule has 1 N–H and O–H groups in total. The smallest absolute Gasteiger partial charge is 0.144 e. The average molecular weight is 264 g/mol. The van der Waals surface area contributed by atoms with Crippen LogP contribution in [0.1, 0.15) is 28.9 Å². The summed E-state index contributed by atoms with van der Waals surface area (Å²) in [5, 5.41) is 12.5. The molecule has 0 radical (unpaired) electrons. The average Bonchev–Trinajstić information content (AvgIpc) is 2.94. The van der Waals surface area contributed by atoms with Crippen molar-refractivity contribution in [1.29, 1.82) is 5.26 Å². The van der Waals surface area contributed by atoms with Gasteiger partial charge >= 0.3 is 0 Å². The normalized spacial score (nSPS) is 12.8. The second kappa shape index (κ2) is 5.70. The number of rotatable bonds is 4. The lowest BCUT2D eigenvalue weighted by Crippen LogP contribution is -2.09. The molecule has 2 aromatic heterocycles. The van der Waals surface area contributed by atoms with E-state index in [-0.39, 0.29) is 0 Å². The summed E-state index contributed by atoms with van der Waals surface area (Å²) in [6, 6.07) is 10.1. The van der Waals surface area contributed by atoms with Gasteiger partial charge in [-0.15, -0.1) is 0 Å². The van der Waals surface area contributed by atoms with Gasteiger partial charge in [-0.3, -0.25) is 4.98 Å². The SMILES string of the molecule is N#Cc1cc2c(nc1NCCc1ccccn1)CCC2. The van der Waals surface area contributed by atoms with E-state index >= 15 is 0 Å². The monoisotopic (exact) mass is 264 g/mol. The van der Waals surface area contributed by atoms with Gasteiger partial charge in [-0.25, -0.2) is 4.98 Å². The molecule has 0 amide bonds. The van der Waals surface area contributed by atoms with Crippen LogP contribution in [0.15, 0.2) is 30.5 Å². The molecule has 1 aliphatic carbocycles. The Balaban J connectivity index is 1.70. The lowest BCUT2D eigenvalue weighted by Gasteiger charge is -2.09. The molecule has 1 aliphatic rings. The van der Waals surface area contributed by atoms with E-state index in [0.717, 1.165) is 43.6 Å². The van der Waals surface area contributed by atoms with E-state index < -0.39 is 0 Å². The number of fused-ring (bicyclic) bond motifs is 1. The molecule has 0 saturated carbocycles. The van der Waals surface area contributed by atoms with Crippen molar-refractivity contribution in [2.24, 2.45) is 0 Å². The topological polar surface area (TPSA) is 61.6 Å². The van der Waals surface area contributed by atoms with Crippen LogP contribution in [0.4, 0.5) is 5.82 Å². The van der Waals surface area contributed by atoms with Crippen LogP contribution < -0.4 is 5.32 Å². The Bertz CT molecular complexity index is 644. The minimum atomic E-state index is 0.645. The van der Waals surface area contributed by atoms with E-state index in [0.29, 0.717) is 11.4 Å². The molecule has 0 spiro atoms. The maximum Gasteiger partial charge on any atom is 0.144 e. The number of aromatic nitrogens is 2. The van der Waals surface area contributed by atoms with Crippen molar-refractivity contribution in [3.8, 4) is 6.07 Å². The van der Waals surface area contributed by atoms with E-state index in [1.165, 1.54) is 5.56 Å². The Kier molecular flexibility index (Phi) is 3.60. The molecule has 3 rings (SSSR count). The molecule has 2 heterocycles. The van der Waals surface area contributed by atoms with Crippen LogP contribution >= 0.6 is 0 Å². The first-order valence-corrected chi connectivity index (χ1v) is 6.93. The van der Waals surface area contributed by atoms with Crippen LogP contribution in [-0.2, 0) is 19.3 Å². The first-order valence-electron chi connectivity index (χ1n) is 6.93. The Morgan fingerprint density at radius 3 is 3.05 bits per heavy atom. The fourth-order valence-electron chi connectivity index (χ4n) is 2.55. The molecular weight excluding hydrogens is 248 g/mol. The van der Waals surface area contributed by atoms with Gasteiger partial charge in [0, 0.05) is 30.6 Å². The van der Waals surface area contributed by atoms with Gasteiger partial charge < -0.3 is 5.32 Å². The highest BCUT2D eigenvalue weighted by molar-refractivity contribution is 5.55. The van der Waals surface area contributed by atoms with Crippen molar-refractivity contribution in [2.75, 3.05) is 11.9 Å². The summed E-state index contributed by atoms with van der Waals surface area (Å²) in [6.45, 7) is 0.734. The zero-order valence-electron chi connectivity index (χ0n) is 11.3. The molecule has 0 fully saturated rings. The van der Waals surface area contributed by atoms with Crippen LogP contribution in [0.2, 0.25) is 0 Å². The second-order valence-corrected chi connectivity index (χ2v) is 4.95. The molecule has 100 valence electrons. The quantitative estimate of drug-likeness (QED) is 0.921. The number of hydrogen-bond acceptors (Lipinski definition) is 4. The molecule has 2 aromatic rings. The third kappa shape index (κ3) is 2.62. The van der Waals surface area contributed by atoms with Gasteiger partial charge in [0.25, 0.3) is 0 Å². The first-order chi connectivity index (χ1) is 9.86. The van der Waals surface area contributed by atoms with Crippen LogP contribution in [0.5, 0.6) is 0 Å². The molecule has 0 aliphatic heterocycles. The molecule has 0 bridgehead atoms. The van der Waals surface area contributed by atoms with Crippen molar-refractivity contribution in [1.82, 2.24) is 9.97 Å². The summed E-state index contributed by atoms with van der Waals surface area (Å²) in [4.78, 5) is 8.89. The van der Waals surface area contributed by atoms with E-state index in [2.05, 4.69) is 21.4 Å². The standard InChI is InChI=1S/C16H16N4/c17-11-13-10-12-4-3-6-15(12)20-16(13)19-9-7-14-5-1-2-8-18-14/h1-2,5,8,10H,3-4,6-7,9H2,(H,19,20). The Morgan fingerprint density at radius 2 is 2.25 bits per heavy atom. The molecule has 4 heteroatoms. The number of pyridine rings is 2. The fraction of sp³-hybridized carbons (Fsp3) is 0.312. The number of nitriles is 1. The van der Waals surface area contributed by atoms with Gasteiger partial charge in [0.15, 0.2) is 0 Å². The van der Waals surface area contributed by atoms with Crippen molar-refractivity contribution in [3.63, 3.8) is 0 Å². The summed E-state index contributed by atoms with van der Waals surface area (Å²) >= 11 is 0. The van der Waals surface area contributed by atoms with Crippen LogP contribution in [-0.4, -0.2) is 16.5 Å². The lowest BCUT2D eigenvalue weighted by molar-refractivity contribution is 0.897. The zero-order chi connectivity index (χ0) is 13.8. The van der Waals surface area contributed by atoms with E-state index in [1.54, 1.807) is 6.20 Å². The maximum absolute atomic E-state index is 9.22. The predicted molar refractivity (Wildman–Crippen MR) is 77.4 cm³/mol. The number of aryl methyl sites for hydroxylation is 2. The van der Waals surface area contributed by atoms with Crippen molar-refractivity contribution < 1.29 is 0 Å². The van der Waals surface area contributed by atoms with Crippen LogP contribution in [0.25, 0.3) is 0 Å². The lowest BCUT2D eigenvalue weighted by atomic mass is 10.1. The van der Waals surface area contributed by atoms with Crippen molar-refractivity contribution >= 4 is 5.82 Å². The maximum atomic E-state index is 9.22. The molecule has 0 atom stereocenters. The van der Waals surface area contributed by atoms with E-state index in [4.69, 9.17) is 0 Å². The first kappa shape index (κ1) is 12.6. The largest absolute Gasteiger partial charge is 0.369 e. The predicted octanol–water partition coefficient (Wildman–Crippen LogP) is 2.49. The number of anilines is 1.